The number of rotatable bonds is 71. The summed E-state index contributed by atoms with van der Waals surface area (Å²) in [5.74, 6) is 0.910. The zero-order valence-electron chi connectivity index (χ0n) is 60.9. The van der Waals surface area contributed by atoms with Gasteiger partial charge in [0.05, 0.1) is 26.4 Å². The zero-order chi connectivity index (χ0) is 68.9. The maximum atomic E-state index is 13.0. The van der Waals surface area contributed by atoms with E-state index in [4.69, 9.17) is 37.0 Å². The molecule has 3 N–H and O–H groups in total. The Labute approximate surface area is 568 Å². The maximum absolute atomic E-state index is 13.0. The van der Waals surface area contributed by atoms with E-state index in [1.165, 1.54) is 161 Å². The Morgan fingerprint density at radius 2 is 0.516 bits per heavy atom. The highest BCUT2D eigenvalue weighted by molar-refractivity contribution is 7.47. The first-order chi connectivity index (χ1) is 44.7. The van der Waals surface area contributed by atoms with Gasteiger partial charge in [-0.05, 0) is 49.4 Å². The standard InChI is InChI=1S/C74H144O17P2/c1-9-66(7)52-44-36-30-32-38-46-54-71(76)84-60-69(90-73(78)56-48-40-28-24-20-16-14-12-11-13-15-18-22-26-34-42-50-64(3)4)62-88-92(80,81)86-58-68(75)59-87-93(82,83)89-63-70(61-85-72(77)55-47-39-33-31-37-45-53-67(8)10-2)91-74(79)57-49-41-29-25-21-17-19-23-27-35-43-51-65(5)6/h64-70,75H,9-63H2,1-8H3,(H,80,81)(H,82,83)/t66?,67?,68-,69+,70+/m0/s1. The monoisotopic (exact) mass is 1370 g/mol. The molecular formula is C74H144O17P2. The molecule has 0 spiro atoms. The van der Waals surface area contributed by atoms with Crippen LogP contribution in [-0.2, 0) is 65.4 Å². The summed E-state index contributed by atoms with van der Waals surface area (Å²) in [5.41, 5.74) is 0. The summed E-state index contributed by atoms with van der Waals surface area (Å²) in [6.07, 6.45) is 47.3. The maximum Gasteiger partial charge on any atom is 0.472 e. The Hall–Kier alpha value is -1.94. The Morgan fingerprint density at radius 1 is 0.301 bits per heavy atom. The Bertz CT molecular complexity index is 1840. The second-order valence-corrected chi connectivity index (χ2v) is 31.0. The third-order valence-corrected chi connectivity index (χ3v) is 19.7. The van der Waals surface area contributed by atoms with E-state index in [1.54, 1.807) is 0 Å². The van der Waals surface area contributed by atoms with Gasteiger partial charge in [-0.15, -0.1) is 0 Å². The minimum Gasteiger partial charge on any atom is -0.462 e. The van der Waals surface area contributed by atoms with Crippen LogP contribution in [0.2, 0.25) is 0 Å². The molecule has 93 heavy (non-hydrogen) atoms. The fourth-order valence-electron chi connectivity index (χ4n) is 11.1. The van der Waals surface area contributed by atoms with E-state index in [-0.39, 0.29) is 25.7 Å². The SMILES string of the molecule is CCC(C)CCCCCCCCC(=O)OC[C@H](COP(=O)(O)OC[C@H](O)COP(=O)(O)OC[C@@H](COC(=O)CCCCCCCCC(C)CC)OC(=O)CCCCCCCCCCCCCC(C)C)OC(=O)CCCCCCCCCCCCCCCCCCC(C)C. The van der Waals surface area contributed by atoms with Crippen molar-refractivity contribution in [2.24, 2.45) is 23.7 Å². The lowest BCUT2D eigenvalue weighted by Gasteiger charge is -2.21. The van der Waals surface area contributed by atoms with Gasteiger partial charge in [-0.25, -0.2) is 9.13 Å². The first kappa shape index (κ1) is 91.1. The molecule has 0 saturated carbocycles. The van der Waals surface area contributed by atoms with Crippen molar-refractivity contribution in [2.75, 3.05) is 39.6 Å². The van der Waals surface area contributed by atoms with E-state index >= 15 is 0 Å². The zero-order valence-corrected chi connectivity index (χ0v) is 62.7. The average Bonchev–Trinajstić information content (AvgIpc) is 2.56. The summed E-state index contributed by atoms with van der Waals surface area (Å²) in [6.45, 7) is 14.1. The van der Waals surface area contributed by atoms with Crippen LogP contribution in [0, 0.1) is 23.7 Å². The number of aliphatic hydroxyl groups is 1. The predicted molar refractivity (Wildman–Crippen MR) is 377 cm³/mol. The number of carbonyl (C=O) groups is 4. The molecule has 0 rings (SSSR count). The second-order valence-electron chi connectivity index (χ2n) is 28.1. The number of phosphoric acid groups is 2. The number of ether oxygens (including phenoxy) is 4. The molecular weight excluding hydrogens is 1220 g/mol. The van der Waals surface area contributed by atoms with E-state index in [2.05, 4.69) is 55.4 Å². The van der Waals surface area contributed by atoms with Gasteiger partial charge in [0.1, 0.15) is 19.3 Å². The Balaban J connectivity index is 5.22. The summed E-state index contributed by atoms with van der Waals surface area (Å²) < 4.78 is 68.4. The summed E-state index contributed by atoms with van der Waals surface area (Å²) in [4.78, 5) is 72.7. The van der Waals surface area contributed by atoms with Crippen molar-refractivity contribution in [2.45, 2.75) is 388 Å². The lowest BCUT2D eigenvalue weighted by atomic mass is 10.00. The number of hydrogen-bond donors (Lipinski definition) is 3. The van der Waals surface area contributed by atoms with Gasteiger partial charge in [0.2, 0.25) is 0 Å². The van der Waals surface area contributed by atoms with Crippen LogP contribution in [0.25, 0.3) is 0 Å². The molecule has 0 aliphatic rings. The van der Waals surface area contributed by atoms with Gasteiger partial charge in [-0.1, -0.05) is 319 Å². The topological polar surface area (TPSA) is 237 Å². The molecule has 0 bridgehead atoms. The summed E-state index contributed by atoms with van der Waals surface area (Å²) in [5, 5.41) is 10.6. The molecule has 0 saturated heterocycles. The van der Waals surface area contributed by atoms with Crippen molar-refractivity contribution in [3.8, 4) is 0 Å². The van der Waals surface area contributed by atoms with Crippen molar-refractivity contribution in [1.82, 2.24) is 0 Å². The van der Waals surface area contributed by atoms with Gasteiger partial charge in [0.25, 0.3) is 0 Å². The number of carbonyl (C=O) groups excluding carboxylic acids is 4. The first-order valence-corrected chi connectivity index (χ1v) is 41.3. The van der Waals surface area contributed by atoms with Crippen LogP contribution in [0.5, 0.6) is 0 Å². The first-order valence-electron chi connectivity index (χ1n) is 38.3. The molecule has 0 aromatic heterocycles. The third kappa shape index (κ3) is 65.8. The van der Waals surface area contributed by atoms with Gasteiger partial charge in [-0.3, -0.25) is 37.3 Å². The Kier molecular flexibility index (Phi) is 62.2. The number of hydrogen-bond acceptors (Lipinski definition) is 15. The molecule has 4 unspecified atom stereocenters. The molecule has 0 radical (unpaired) electrons. The normalized spacial score (nSPS) is 14.8. The quantitative estimate of drug-likeness (QED) is 0.0222. The highest BCUT2D eigenvalue weighted by Crippen LogP contribution is 2.45. The molecule has 552 valence electrons. The molecule has 0 aliphatic carbocycles. The number of esters is 4. The van der Waals surface area contributed by atoms with Crippen LogP contribution >= 0.6 is 15.6 Å². The molecule has 0 aromatic carbocycles. The number of aliphatic hydroxyl groups excluding tert-OH is 1. The van der Waals surface area contributed by atoms with E-state index in [1.807, 2.05) is 0 Å². The van der Waals surface area contributed by atoms with E-state index in [0.717, 1.165) is 126 Å². The van der Waals surface area contributed by atoms with Gasteiger partial charge >= 0.3 is 39.5 Å². The van der Waals surface area contributed by atoms with Crippen LogP contribution in [0.4, 0.5) is 0 Å². The van der Waals surface area contributed by atoms with Gasteiger partial charge < -0.3 is 33.8 Å². The summed E-state index contributed by atoms with van der Waals surface area (Å²) in [6, 6.07) is 0. The minimum absolute atomic E-state index is 0.105. The van der Waals surface area contributed by atoms with Crippen molar-refractivity contribution in [3.05, 3.63) is 0 Å². The highest BCUT2D eigenvalue weighted by atomic mass is 31.2. The van der Waals surface area contributed by atoms with E-state index in [0.29, 0.717) is 25.7 Å². The van der Waals surface area contributed by atoms with Crippen molar-refractivity contribution < 1.29 is 80.2 Å². The fraction of sp³-hybridized carbons (Fsp3) is 0.946. The molecule has 0 heterocycles. The molecule has 19 heteroatoms. The predicted octanol–water partition coefficient (Wildman–Crippen LogP) is 21.3. The summed E-state index contributed by atoms with van der Waals surface area (Å²) in [7, 11) is -9.91. The van der Waals surface area contributed by atoms with Crippen molar-refractivity contribution in [1.29, 1.82) is 0 Å². The average molecular weight is 1370 g/mol. The molecule has 0 aliphatic heterocycles. The Morgan fingerprint density at radius 3 is 0.763 bits per heavy atom. The van der Waals surface area contributed by atoms with Crippen molar-refractivity contribution in [3.63, 3.8) is 0 Å². The van der Waals surface area contributed by atoms with Crippen LogP contribution in [0.15, 0.2) is 0 Å². The lowest BCUT2D eigenvalue weighted by molar-refractivity contribution is -0.161. The third-order valence-electron chi connectivity index (χ3n) is 17.8. The smallest absolute Gasteiger partial charge is 0.462 e. The lowest BCUT2D eigenvalue weighted by Crippen LogP contribution is -2.30. The largest absolute Gasteiger partial charge is 0.472 e. The molecule has 0 aromatic rings. The van der Waals surface area contributed by atoms with Crippen LogP contribution in [0.3, 0.4) is 0 Å². The number of phosphoric ester groups is 2. The highest BCUT2D eigenvalue weighted by Gasteiger charge is 2.30. The summed E-state index contributed by atoms with van der Waals surface area (Å²) >= 11 is 0. The van der Waals surface area contributed by atoms with Crippen LogP contribution < -0.4 is 0 Å². The second kappa shape index (κ2) is 63.5. The van der Waals surface area contributed by atoms with Gasteiger partial charge in [-0.2, -0.15) is 0 Å². The minimum atomic E-state index is -4.96. The van der Waals surface area contributed by atoms with E-state index in [9.17, 15) is 43.2 Å². The van der Waals surface area contributed by atoms with Gasteiger partial charge in [0, 0.05) is 25.7 Å². The fourth-order valence-corrected chi connectivity index (χ4v) is 12.7. The van der Waals surface area contributed by atoms with Crippen LogP contribution in [-0.4, -0.2) is 96.7 Å². The molecule has 0 fully saturated rings. The molecule has 7 atom stereocenters. The molecule has 0 amide bonds. The van der Waals surface area contributed by atoms with E-state index < -0.39 is 97.5 Å². The van der Waals surface area contributed by atoms with Gasteiger partial charge in [0.15, 0.2) is 12.2 Å². The van der Waals surface area contributed by atoms with Crippen molar-refractivity contribution >= 4 is 39.5 Å². The molecule has 17 nitrogen and oxygen atoms in total. The number of unbranched alkanes of at least 4 members (excludes halogenated alkanes) is 35. The van der Waals surface area contributed by atoms with Crippen LogP contribution in [0.1, 0.15) is 370 Å².